The van der Waals surface area contributed by atoms with E-state index in [9.17, 15) is 4.79 Å². The Morgan fingerprint density at radius 2 is 2.08 bits per heavy atom. The second-order valence-electron chi connectivity index (χ2n) is 3.73. The number of rotatable bonds is 0. The van der Waals surface area contributed by atoms with Crippen LogP contribution in [0.3, 0.4) is 0 Å². The van der Waals surface area contributed by atoms with Crippen LogP contribution < -0.4 is 10.9 Å². The van der Waals surface area contributed by atoms with E-state index >= 15 is 0 Å². The lowest BCUT2D eigenvalue weighted by atomic mass is 9.92. The lowest BCUT2D eigenvalue weighted by Gasteiger charge is -2.30. The first-order chi connectivity index (χ1) is 5.61. The maximum absolute atomic E-state index is 11.2. The third-order valence-corrected chi connectivity index (χ3v) is 2.44. The number of H-pyrrole nitrogens is 2. The molecule has 2 heterocycles. The van der Waals surface area contributed by atoms with Gasteiger partial charge in [0.2, 0.25) is 0 Å². The summed E-state index contributed by atoms with van der Waals surface area (Å²) in [6.45, 7) is 5.00. The Balaban J connectivity index is 2.61. The van der Waals surface area contributed by atoms with Crippen molar-refractivity contribution >= 4 is 0 Å². The largest absolute Gasteiger partial charge is 0.306 e. The summed E-state index contributed by atoms with van der Waals surface area (Å²) in [5.41, 5.74) is 1.82. The molecule has 0 radical (unpaired) electrons. The second kappa shape index (κ2) is 2.23. The SMILES string of the molecule is CC1(C)NCCc2c1[nH][nH]c2=O. The van der Waals surface area contributed by atoms with Crippen molar-refractivity contribution in [2.24, 2.45) is 0 Å². The van der Waals surface area contributed by atoms with Crippen LogP contribution in [-0.2, 0) is 12.0 Å². The van der Waals surface area contributed by atoms with Crippen LogP contribution in [0.2, 0.25) is 0 Å². The molecule has 0 amide bonds. The summed E-state index contributed by atoms with van der Waals surface area (Å²) in [5.74, 6) is 0. The minimum Gasteiger partial charge on any atom is -0.306 e. The highest BCUT2D eigenvalue weighted by molar-refractivity contribution is 5.26. The molecule has 66 valence electrons. The fourth-order valence-electron chi connectivity index (χ4n) is 1.74. The molecule has 12 heavy (non-hydrogen) atoms. The first-order valence-electron chi connectivity index (χ1n) is 4.16. The van der Waals surface area contributed by atoms with Gasteiger partial charge < -0.3 is 10.4 Å². The van der Waals surface area contributed by atoms with Gasteiger partial charge in [-0.2, -0.15) is 0 Å². The van der Waals surface area contributed by atoms with Crippen molar-refractivity contribution in [1.29, 1.82) is 0 Å². The van der Waals surface area contributed by atoms with Crippen molar-refractivity contribution in [2.75, 3.05) is 6.54 Å². The molecule has 1 aliphatic rings. The normalized spacial score (nSPS) is 20.5. The molecule has 1 aliphatic heterocycles. The third-order valence-electron chi connectivity index (χ3n) is 2.44. The van der Waals surface area contributed by atoms with E-state index in [0.717, 1.165) is 24.2 Å². The van der Waals surface area contributed by atoms with Crippen molar-refractivity contribution in [3.63, 3.8) is 0 Å². The molecule has 0 saturated heterocycles. The molecule has 0 atom stereocenters. The van der Waals surface area contributed by atoms with E-state index in [1.54, 1.807) is 0 Å². The van der Waals surface area contributed by atoms with Gasteiger partial charge in [-0.15, -0.1) is 0 Å². The fraction of sp³-hybridized carbons (Fsp3) is 0.625. The van der Waals surface area contributed by atoms with Crippen molar-refractivity contribution in [1.82, 2.24) is 15.5 Å². The van der Waals surface area contributed by atoms with Gasteiger partial charge in [0.1, 0.15) is 0 Å². The molecular formula is C8H13N3O. The van der Waals surface area contributed by atoms with E-state index in [2.05, 4.69) is 29.4 Å². The first-order valence-corrected chi connectivity index (χ1v) is 4.16. The van der Waals surface area contributed by atoms with E-state index in [-0.39, 0.29) is 11.1 Å². The van der Waals surface area contributed by atoms with Crippen LogP contribution in [-0.4, -0.2) is 16.7 Å². The minimum atomic E-state index is -0.104. The predicted octanol–water partition coefficient (Wildman–Crippen LogP) is 0.0838. The van der Waals surface area contributed by atoms with Gasteiger partial charge in [-0.3, -0.25) is 9.89 Å². The van der Waals surface area contributed by atoms with E-state index in [4.69, 9.17) is 0 Å². The zero-order valence-electron chi connectivity index (χ0n) is 7.32. The van der Waals surface area contributed by atoms with Gasteiger partial charge in [-0.1, -0.05) is 0 Å². The van der Waals surface area contributed by atoms with Gasteiger partial charge in [0, 0.05) is 12.1 Å². The molecule has 4 nitrogen and oxygen atoms in total. The Kier molecular flexibility index (Phi) is 1.41. The molecule has 1 aromatic rings. The molecule has 1 aromatic heterocycles. The maximum atomic E-state index is 11.2. The van der Waals surface area contributed by atoms with Gasteiger partial charge >= 0.3 is 0 Å². The van der Waals surface area contributed by atoms with Crippen molar-refractivity contribution in [3.8, 4) is 0 Å². The van der Waals surface area contributed by atoms with Crippen LogP contribution in [0.15, 0.2) is 4.79 Å². The number of hydrogen-bond donors (Lipinski definition) is 3. The van der Waals surface area contributed by atoms with Crippen molar-refractivity contribution in [3.05, 3.63) is 21.6 Å². The summed E-state index contributed by atoms with van der Waals surface area (Å²) in [7, 11) is 0. The molecule has 3 N–H and O–H groups in total. The zero-order chi connectivity index (χ0) is 8.77. The molecule has 0 spiro atoms. The summed E-state index contributed by atoms with van der Waals surface area (Å²) in [5, 5.41) is 8.87. The molecule has 2 rings (SSSR count). The highest BCUT2D eigenvalue weighted by Gasteiger charge is 2.29. The van der Waals surface area contributed by atoms with Crippen LogP contribution in [0.1, 0.15) is 25.1 Å². The molecule has 0 aromatic carbocycles. The number of hydrogen-bond acceptors (Lipinski definition) is 2. The summed E-state index contributed by atoms with van der Waals surface area (Å²) < 4.78 is 0. The highest BCUT2D eigenvalue weighted by atomic mass is 16.1. The Bertz CT molecular complexity index is 347. The van der Waals surface area contributed by atoms with Gasteiger partial charge in [0.05, 0.1) is 11.2 Å². The Morgan fingerprint density at radius 3 is 2.75 bits per heavy atom. The molecule has 0 unspecified atom stereocenters. The van der Waals surface area contributed by atoms with Crippen molar-refractivity contribution < 1.29 is 0 Å². The molecule has 0 aliphatic carbocycles. The van der Waals surface area contributed by atoms with Gasteiger partial charge in [0.15, 0.2) is 0 Å². The maximum Gasteiger partial charge on any atom is 0.267 e. The monoisotopic (exact) mass is 167 g/mol. The molecule has 0 saturated carbocycles. The highest BCUT2D eigenvalue weighted by Crippen LogP contribution is 2.22. The van der Waals surface area contributed by atoms with Gasteiger partial charge in [-0.25, -0.2) is 0 Å². The average molecular weight is 167 g/mol. The van der Waals surface area contributed by atoms with E-state index in [1.165, 1.54) is 0 Å². The van der Waals surface area contributed by atoms with E-state index in [0.29, 0.717) is 0 Å². The minimum absolute atomic E-state index is 0.0274. The van der Waals surface area contributed by atoms with Gasteiger partial charge in [-0.05, 0) is 20.3 Å². The lowest BCUT2D eigenvalue weighted by Crippen LogP contribution is -2.43. The number of nitrogens with one attached hydrogen (secondary N) is 3. The summed E-state index contributed by atoms with van der Waals surface area (Å²) >= 11 is 0. The Hall–Kier alpha value is -1.03. The second-order valence-corrected chi connectivity index (χ2v) is 3.73. The van der Waals surface area contributed by atoms with Crippen LogP contribution in [0, 0.1) is 0 Å². The van der Waals surface area contributed by atoms with Crippen LogP contribution in [0.5, 0.6) is 0 Å². The fourth-order valence-corrected chi connectivity index (χ4v) is 1.74. The third kappa shape index (κ3) is 0.914. The van der Waals surface area contributed by atoms with E-state index in [1.807, 2.05) is 0 Å². The van der Waals surface area contributed by atoms with Crippen molar-refractivity contribution in [2.45, 2.75) is 25.8 Å². The summed E-state index contributed by atoms with van der Waals surface area (Å²) in [4.78, 5) is 11.2. The van der Waals surface area contributed by atoms with Crippen LogP contribution in [0.25, 0.3) is 0 Å². The zero-order valence-corrected chi connectivity index (χ0v) is 7.32. The van der Waals surface area contributed by atoms with Crippen LogP contribution in [0.4, 0.5) is 0 Å². The number of fused-ring (bicyclic) bond motifs is 1. The summed E-state index contributed by atoms with van der Waals surface area (Å²) in [6.07, 6.45) is 0.817. The van der Waals surface area contributed by atoms with Gasteiger partial charge in [0.25, 0.3) is 5.56 Å². The Labute approximate surface area is 70.4 Å². The molecule has 4 heteroatoms. The standard InChI is InChI=1S/C8H13N3O/c1-8(2)6-5(3-4-9-8)7(12)11-10-6/h9H,3-4H2,1-2H3,(H2,10,11,12). The molecule has 0 bridgehead atoms. The topological polar surface area (TPSA) is 60.7 Å². The smallest absolute Gasteiger partial charge is 0.267 e. The molecule has 0 fully saturated rings. The average Bonchev–Trinajstić information content (AvgIpc) is 2.33. The molecular weight excluding hydrogens is 154 g/mol. The summed E-state index contributed by atoms with van der Waals surface area (Å²) in [6, 6.07) is 0. The lowest BCUT2D eigenvalue weighted by molar-refractivity contribution is 0.372. The number of aromatic nitrogens is 2. The van der Waals surface area contributed by atoms with E-state index < -0.39 is 0 Å². The first kappa shape index (κ1) is 7.61. The predicted molar refractivity (Wildman–Crippen MR) is 46.1 cm³/mol. The Morgan fingerprint density at radius 1 is 1.33 bits per heavy atom. The van der Waals surface area contributed by atoms with Crippen LogP contribution >= 0.6 is 0 Å². The number of aromatic amines is 2. The quantitative estimate of drug-likeness (QED) is 0.512.